The van der Waals surface area contributed by atoms with E-state index < -0.39 is 0 Å². The Morgan fingerprint density at radius 2 is 1.95 bits per heavy atom. The Labute approximate surface area is 127 Å². The molecule has 0 unspecified atom stereocenters. The standard InChI is InChI=1S/C19H22O2/c1-16(20)21-19(18-13-6-3-7-14-18)15-9-8-12-17-10-4-2-5-11-17/h3,6-7,13-15,17H,2,4-5,10-12H2,1H3/b19-15-. The van der Waals surface area contributed by atoms with Gasteiger partial charge in [0, 0.05) is 25.0 Å². The molecule has 2 nitrogen and oxygen atoms in total. The third-order valence-electron chi connectivity index (χ3n) is 3.73. The van der Waals surface area contributed by atoms with E-state index in [2.05, 4.69) is 11.8 Å². The summed E-state index contributed by atoms with van der Waals surface area (Å²) in [5.74, 6) is 7.21. The second-order valence-corrected chi connectivity index (χ2v) is 5.50. The van der Waals surface area contributed by atoms with Crippen molar-refractivity contribution < 1.29 is 9.53 Å². The van der Waals surface area contributed by atoms with Gasteiger partial charge in [-0.1, -0.05) is 61.4 Å². The number of hydrogen-bond donors (Lipinski definition) is 0. The molecule has 0 N–H and O–H groups in total. The summed E-state index contributed by atoms with van der Waals surface area (Å²) in [4.78, 5) is 11.2. The molecule has 1 aliphatic rings. The monoisotopic (exact) mass is 282 g/mol. The van der Waals surface area contributed by atoms with Crippen molar-refractivity contribution in [3.05, 3.63) is 42.0 Å². The molecule has 110 valence electrons. The minimum atomic E-state index is -0.320. The maximum Gasteiger partial charge on any atom is 0.308 e. The number of benzene rings is 1. The van der Waals surface area contributed by atoms with Crippen molar-refractivity contribution in [3.8, 4) is 11.8 Å². The highest BCUT2D eigenvalue weighted by Gasteiger charge is 2.11. The minimum absolute atomic E-state index is 0.320. The lowest BCUT2D eigenvalue weighted by molar-refractivity contribution is -0.134. The van der Waals surface area contributed by atoms with Crippen LogP contribution in [0.5, 0.6) is 0 Å². The Kier molecular flexibility index (Phi) is 6.09. The van der Waals surface area contributed by atoms with Crippen LogP contribution in [0.15, 0.2) is 36.4 Å². The molecule has 0 amide bonds. The molecule has 0 aliphatic heterocycles. The van der Waals surface area contributed by atoms with E-state index in [1.165, 1.54) is 39.0 Å². The summed E-state index contributed by atoms with van der Waals surface area (Å²) in [5, 5.41) is 0. The van der Waals surface area contributed by atoms with Crippen LogP contribution >= 0.6 is 0 Å². The average Bonchev–Trinajstić information content (AvgIpc) is 2.52. The Morgan fingerprint density at radius 1 is 1.24 bits per heavy atom. The SMILES string of the molecule is CC(=O)O/C(=C\C#CCC1CCCCC1)c1ccccc1. The van der Waals surface area contributed by atoms with E-state index in [1.807, 2.05) is 30.3 Å². The molecule has 1 saturated carbocycles. The first-order valence-corrected chi connectivity index (χ1v) is 7.68. The van der Waals surface area contributed by atoms with Crippen LogP contribution in [0, 0.1) is 17.8 Å². The molecular weight excluding hydrogens is 260 g/mol. The molecule has 21 heavy (non-hydrogen) atoms. The molecule has 1 fully saturated rings. The topological polar surface area (TPSA) is 26.3 Å². The smallest absolute Gasteiger partial charge is 0.308 e. The van der Waals surface area contributed by atoms with Gasteiger partial charge in [-0.2, -0.15) is 0 Å². The number of carbonyl (C=O) groups is 1. The lowest BCUT2D eigenvalue weighted by atomic mass is 9.87. The molecule has 0 bridgehead atoms. The van der Waals surface area contributed by atoms with Gasteiger partial charge >= 0.3 is 5.97 Å². The highest BCUT2D eigenvalue weighted by atomic mass is 16.5. The van der Waals surface area contributed by atoms with Gasteiger partial charge in [-0.15, -0.1) is 0 Å². The van der Waals surface area contributed by atoms with E-state index in [1.54, 1.807) is 6.08 Å². The first kappa shape index (κ1) is 15.4. The molecule has 0 atom stereocenters. The maximum absolute atomic E-state index is 11.2. The van der Waals surface area contributed by atoms with E-state index in [4.69, 9.17) is 4.74 Å². The second-order valence-electron chi connectivity index (χ2n) is 5.50. The molecule has 0 heterocycles. The fourth-order valence-electron chi connectivity index (χ4n) is 2.64. The lowest BCUT2D eigenvalue weighted by Crippen LogP contribution is -2.04. The third kappa shape index (κ3) is 5.47. The summed E-state index contributed by atoms with van der Waals surface area (Å²) in [6.07, 6.45) is 9.30. The predicted octanol–water partition coefficient (Wildman–Crippen LogP) is 4.56. The summed E-state index contributed by atoms with van der Waals surface area (Å²) < 4.78 is 5.25. The molecule has 2 rings (SSSR count). The molecule has 1 aromatic rings. The fourth-order valence-corrected chi connectivity index (χ4v) is 2.64. The number of hydrogen-bond acceptors (Lipinski definition) is 2. The van der Waals surface area contributed by atoms with E-state index in [9.17, 15) is 4.79 Å². The summed E-state index contributed by atoms with van der Waals surface area (Å²) in [7, 11) is 0. The van der Waals surface area contributed by atoms with Crippen molar-refractivity contribution in [3.63, 3.8) is 0 Å². The van der Waals surface area contributed by atoms with Crippen molar-refractivity contribution >= 4 is 11.7 Å². The first-order valence-electron chi connectivity index (χ1n) is 7.68. The number of ether oxygens (including phenoxy) is 1. The van der Waals surface area contributed by atoms with E-state index in [0.29, 0.717) is 5.76 Å². The van der Waals surface area contributed by atoms with Crippen LogP contribution < -0.4 is 0 Å². The summed E-state index contributed by atoms with van der Waals surface area (Å²) >= 11 is 0. The van der Waals surface area contributed by atoms with Crippen LogP contribution in [0.4, 0.5) is 0 Å². The Hall–Kier alpha value is -2.01. The van der Waals surface area contributed by atoms with E-state index in [0.717, 1.165) is 17.9 Å². The Balaban J connectivity index is 2.01. The minimum Gasteiger partial charge on any atom is -0.425 e. The zero-order chi connectivity index (χ0) is 14.9. The molecule has 1 aliphatic carbocycles. The van der Waals surface area contributed by atoms with Gasteiger partial charge < -0.3 is 4.74 Å². The van der Waals surface area contributed by atoms with Crippen molar-refractivity contribution in [1.29, 1.82) is 0 Å². The lowest BCUT2D eigenvalue weighted by Gasteiger charge is -2.18. The number of rotatable bonds is 3. The van der Waals surface area contributed by atoms with E-state index in [-0.39, 0.29) is 5.97 Å². The molecule has 1 aromatic carbocycles. The van der Waals surface area contributed by atoms with Gasteiger partial charge in [0.2, 0.25) is 0 Å². The number of allylic oxidation sites excluding steroid dienone is 1. The van der Waals surface area contributed by atoms with Crippen LogP contribution in [-0.2, 0) is 9.53 Å². The van der Waals surface area contributed by atoms with Crippen molar-refractivity contribution in [2.24, 2.45) is 5.92 Å². The normalized spacial score (nSPS) is 16.0. The van der Waals surface area contributed by atoms with Crippen molar-refractivity contribution in [2.75, 3.05) is 0 Å². The van der Waals surface area contributed by atoms with Gasteiger partial charge in [-0.25, -0.2) is 0 Å². The van der Waals surface area contributed by atoms with Crippen LogP contribution in [0.3, 0.4) is 0 Å². The highest BCUT2D eigenvalue weighted by Crippen LogP contribution is 2.25. The van der Waals surface area contributed by atoms with Crippen molar-refractivity contribution in [2.45, 2.75) is 45.4 Å². The molecule has 2 heteroatoms. The quantitative estimate of drug-likeness (QED) is 0.461. The summed E-state index contributed by atoms with van der Waals surface area (Å²) in [6, 6.07) is 9.60. The molecule has 0 aromatic heterocycles. The van der Waals surface area contributed by atoms with Crippen molar-refractivity contribution in [1.82, 2.24) is 0 Å². The van der Waals surface area contributed by atoms with Crippen LogP contribution in [0.1, 0.15) is 51.0 Å². The molecule has 0 radical (unpaired) electrons. The molecule has 0 spiro atoms. The van der Waals surface area contributed by atoms with E-state index >= 15 is 0 Å². The average molecular weight is 282 g/mol. The zero-order valence-corrected chi connectivity index (χ0v) is 12.6. The Bertz CT molecular complexity index is 540. The van der Waals surface area contributed by atoms with Gasteiger partial charge in [0.05, 0.1) is 0 Å². The van der Waals surface area contributed by atoms with Crippen LogP contribution in [0.2, 0.25) is 0 Å². The summed E-state index contributed by atoms with van der Waals surface area (Å²) in [6.45, 7) is 1.41. The Morgan fingerprint density at radius 3 is 2.62 bits per heavy atom. The first-order chi connectivity index (χ1) is 10.3. The van der Waals surface area contributed by atoms with Crippen LogP contribution in [0.25, 0.3) is 5.76 Å². The van der Waals surface area contributed by atoms with Gasteiger partial charge in [-0.3, -0.25) is 4.79 Å². The predicted molar refractivity (Wildman–Crippen MR) is 85.2 cm³/mol. The second kappa shape index (κ2) is 8.32. The summed E-state index contributed by atoms with van der Waals surface area (Å²) in [5.41, 5.74) is 0.875. The van der Waals surface area contributed by atoms with Gasteiger partial charge in [0.1, 0.15) is 5.76 Å². The largest absolute Gasteiger partial charge is 0.425 e. The fraction of sp³-hybridized carbons (Fsp3) is 0.421. The molecular formula is C19H22O2. The molecule has 0 saturated heterocycles. The third-order valence-corrected chi connectivity index (χ3v) is 3.73. The highest BCUT2D eigenvalue weighted by molar-refractivity contribution is 5.77. The van der Waals surface area contributed by atoms with Crippen LogP contribution in [-0.4, -0.2) is 5.97 Å². The maximum atomic E-state index is 11.2. The zero-order valence-electron chi connectivity index (χ0n) is 12.6. The number of esters is 1. The number of carbonyl (C=O) groups excluding carboxylic acids is 1. The van der Waals surface area contributed by atoms with Gasteiger partial charge in [0.15, 0.2) is 0 Å². The van der Waals surface area contributed by atoms with Gasteiger partial charge in [-0.05, 0) is 18.8 Å². The van der Waals surface area contributed by atoms with Gasteiger partial charge in [0.25, 0.3) is 0 Å².